The third kappa shape index (κ3) is 5.00. The summed E-state index contributed by atoms with van der Waals surface area (Å²) in [5.41, 5.74) is 3.40. The lowest BCUT2D eigenvalue weighted by Crippen LogP contribution is -2.22. The van der Waals surface area contributed by atoms with E-state index in [1.54, 1.807) is 24.0 Å². The number of thioether (sulfide) groups is 1. The fourth-order valence-electron chi connectivity index (χ4n) is 5.35. The van der Waals surface area contributed by atoms with Gasteiger partial charge in [0.1, 0.15) is 11.6 Å². The van der Waals surface area contributed by atoms with Crippen LogP contribution in [0, 0.1) is 11.7 Å². The first-order chi connectivity index (χ1) is 18.2. The summed E-state index contributed by atoms with van der Waals surface area (Å²) in [7, 11) is 0. The van der Waals surface area contributed by atoms with Crippen LogP contribution in [0.15, 0.2) is 72.1 Å². The first-order valence-electron chi connectivity index (χ1n) is 12.8. The van der Waals surface area contributed by atoms with Crippen LogP contribution in [0.3, 0.4) is 0 Å². The molecule has 2 aromatic carbocycles. The molecule has 2 aliphatic rings. The molecule has 0 spiro atoms. The molecule has 1 aliphatic heterocycles. The number of hydrogen-bond acceptors (Lipinski definition) is 6. The summed E-state index contributed by atoms with van der Waals surface area (Å²) in [6.45, 7) is 2.61. The van der Waals surface area contributed by atoms with Crippen LogP contribution >= 0.6 is 11.8 Å². The second kappa shape index (κ2) is 10.6. The molecule has 6 nitrogen and oxygen atoms in total. The minimum absolute atomic E-state index is 0.293. The minimum atomic E-state index is -0.521. The highest BCUT2D eigenvalue weighted by Crippen LogP contribution is 2.42. The summed E-state index contributed by atoms with van der Waals surface area (Å²) in [5.74, 6) is 2.27. The molecule has 1 fully saturated rings. The van der Waals surface area contributed by atoms with Gasteiger partial charge in [0.25, 0.3) is 0 Å². The van der Waals surface area contributed by atoms with Gasteiger partial charge in [0, 0.05) is 46.4 Å². The number of ether oxygens (including phenoxy) is 2. The van der Waals surface area contributed by atoms with Crippen molar-refractivity contribution in [2.45, 2.75) is 62.5 Å². The molecule has 8 heteroatoms. The second-order valence-electron chi connectivity index (χ2n) is 9.76. The molecule has 1 aliphatic carbocycles. The van der Waals surface area contributed by atoms with Gasteiger partial charge in [-0.3, -0.25) is 9.55 Å². The Balaban J connectivity index is 1.31. The Morgan fingerprint density at radius 2 is 1.92 bits per heavy atom. The topological polar surface area (TPSA) is 62.1 Å². The summed E-state index contributed by atoms with van der Waals surface area (Å²) in [4.78, 5) is 4.30. The van der Waals surface area contributed by atoms with Gasteiger partial charge in [-0.05, 0) is 43.0 Å². The van der Waals surface area contributed by atoms with Gasteiger partial charge in [-0.25, -0.2) is 4.39 Å². The molecule has 0 amide bonds. The van der Waals surface area contributed by atoms with E-state index < -0.39 is 6.29 Å². The van der Waals surface area contributed by atoms with E-state index in [-0.39, 0.29) is 5.82 Å². The summed E-state index contributed by atoms with van der Waals surface area (Å²) >= 11 is 1.57. The number of aromatic nitrogens is 4. The third-order valence-electron chi connectivity index (χ3n) is 7.23. The van der Waals surface area contributed by atoms with Crippen molar-refractivity contribution in [3.8, 4) is 17.1 Å². The predicted octanol–water partition coefficient (Wildman–Crippen LogP) is 7.13. The standard InChI is InChI=1S/C29H29FN4O2S/c1-19-8-5-6-12-25(19)34-27(21-11-7-13-31-16-21)32-33-29(34)37-18-23-15-24(30)14-22-17-35-28(36-26(22)23)20-9-3-2-4-10-20/h2-4,7,9-11,13-16,19,25,28H,5-6,8,12,17-18H2,1H3/t19-,25+,28+/m0/s1. The molecule has 0 radical (unpaired) electrons. The molecule has 6 rings (SSSR count). The monoisotopic (exact) mass is 516 g/mol. The maximum Gasteiger partial charge on any atom is 0.227 e. The fraction of sp³-hybridized carbons (Fsp3) is 0.345. The molecule has 2 aromatic heterocycles. The van der Waals surface area contributed by atoms with E-state index in [4.69, 9.17) is 9.47 Å². The van der Waals surface area contributed by atoms with Crippen LogP contribution in [0.5, 0.6) is 5.75 Å². The Labute approximate surface area is 220 Å². The lowest BCUT2D eigenvalue weighted by atomic mass is 9.85. The highest BCUT2D eigenvalue weighted by atomic mass is 32.2. The van der Waals surface area contributed by atoms with Crippen LogP contribution < -0.4 is 4.74 Å². The van der Waals surface area contributed by atoms with Crippen molar-refractivity contribution < 1.29 is 13.9 Å². The Morgan fingerprint density at radius 3 is 2.73 bits per heavy atom. The zero-order valence-corrected chi connectivity index (χ0v) is 21.5. The predicted molar refractivity (Wildman–Crippen MR) is 140 cm³/mol. The second-order valence-corrected chi connectivity index (χ2v) is 10.7. The minimum Gasteiger partial charge on any atom is -0.460 e. The van der Waals surface area contributed by atoms with Gasteiger partial charge >= 0.3 is 0 Å². The highest BCUT2D eigenvalue weighted by molar-refractivity contribution is 7.98. The van der Waals surface area contributed by atoms with Crippen molar-refractivity contribution in [1.82, 2.24) is 19.7 Å². The van der Waals surface area contributed by atoms with E-state index in [9.17, 15) is 4.39 Å². The summed E-state index contributed by atoms with van der Waals surface area (Å²) < 4.78 is 29.0. The van der Waals surface area contributed by atoms with Gasteiger partial charge in [-0.15, -0.1) is 10.2 Å². The Bertz CT molecular complexity index is 1370. The highest BCUT2D eigenvalue weighted by Gasteiger charge is 2.30. The van der Waals surface area contributed by atoms with E-state index in [0.717, 1.165) is 39.7 Å². The average molecular weight is 517 g/mol. The van der Waals surface area contributed by atoms with Crippen molar-refractivity contribution in [1.29, 1.82) is 0 Å². The van der Waals surface area contributed by atoms with Crippen molar-refractivity contribution >= 4 is 11.8 Å². The summed E-state index contributed by atoms with van der Waals surface area (Å²) in [6, 6.07) is 17.1. The van der Waals surface area contributed by atoms with Crippen LogP contribution in [-0.4, -0.2) is 19.7 Å². The third-order valence-corrected chi connectivity index (χ3v) is 8.23. The molecule has 3 heterocycles. The van der Waals surface area contributed by atoms with E-state index >= 15 is 0 Å². The van der Waals surface area contributed by atoms with Crippen molar-refractivity contribution in [3.63, 3.8) is 0 Å². The summed E-state index contributed by atoms with van der Waals surface area (Å²) in [6.07, 6.45) is 7.80. The Kier molecular flexibility index (Phi) is 6.93. The van der Waals surface area contributed by atoms with Crippen molar-refractivity contribution in [2.75, 3.05) is 0 Å². The SMILES string of the molecule is C[C@H]1CCCC[C@H]1n1c(SCc2cc(F)cc3c2O[C@H](c2ccccc2)OC3)nnc1-c1cccnc1. The largest absolute Gasteiger partial charge is 0.460 e. The van der Waals surface area contributed by atoms with Gasteiger partial charge in [-0.1, -0.05) is 61.9 Å². The van der Waals surface area contributed by atoms with Gasteiger partial charge in [0.2, 0.25) is 6.29 Å². The summed E-state index contributed by atoms with van der Waals surface area (Å²) in [5, 5.41) is 10.0. The lowest BCUT2D eigenvalue weighted by molar-refractivity contribution is -0.112. The number of halogens is 1. The van der Waals surface area contributed by atoms with Gasteiger partial charge in [-0.2, -0.15) is 0 Å². The quantitative estimate of drug-likeness (QED) is 0.254. The van der Waals surface area contributed by atoms with Crippen molar-refractivity contribution in [2.24, 2.45) is 5.92 Å². The smallest absolute Gasteiger partial charge is 0.227 e. The first kappa shape index (κ1) is 24.1. The van der Waals surface area contributed by atoms with Crippen LogP contribution in [0.2, 0.25) is 0 Å². The van der Waals surface area contributed by atoms with Gasteiger partial charge in [0.15, 0.2) is 11.0 Å². The fourth-order valence-corrected chi connectivity index (χ4v) is 6.31. The van der Waals surface area contributed by atoms with Crippen LogP contribution in [-0.2, 0) is 17.1 Å². The molecule has 3 atom stereocenters. The van der Waals surface area contributed by atoms with E-state index in [1.807, 2.05) is 48.7 Å². The molecule has 1 saturated carbocycles. The van der Waals surface area contributed by atoms with Crippen LogP contribution in [0.4, 0.5) is 4.39 Å². The molecule has 0 N–H and O–H groups in total. The van der Waals surface area contributed by atoms with Gasteiger partial charge < -0.3 is 9.47 Å². The normalized spacial score (nSPS) is 21.3. The van der Waals surface area contributed by atoms with E-state index in [1.165, 1.54) is 25.3 Å². The van der Waals surface area contributed by atoms with Crippen molar-refractivity contribution in [3.05, 3.63) is 89.5 Å². The number of benzene rings is 2. The lowest BCUT2D eigenvalue weighted by Gasteiger charge is -2.31. The molecule has 4 aromatic rings. The number of nitrogens with zero attached hydrogens (tertiary/aromatic N) is 4. The maximum atomic E-state index is 14.6. The van der Waals surface area contributed by atoms with Crippen LogP contribution in [0.25, 0.3) is 11.4 Å². The number of rotatable bonds is 6. The number of hydrogen-bond donors (Lipinski definition) is 0. The Hall–Kier alpha value is -3.23. The molecular formula is C29H29FN4O2S. The Morgan fingerprint density at radius 1 is 1.05 bits per heavy atom. The van der Waals surface area contributed by atoms with E-state index in [0.29, 0.717) is 30.1 Å². The van der Waals surface area contributed by atoms with Gasteiger partial charge in [0.05, 0.1) is 6.61 Å². The first-order valence-corrected chi connectivity index (χ1v) is 13.8. The number of fused-ring (bicyclic) bond motifs is 1. The molecular weight excluding hydrogens is 487 g/mol. The zero-order valence-electron chi connectivity index (χ0n) is 20.7. The molecule has 37 heavy (non-hydrogen) atoms. The molecule has 0 unspecified atom stereocenters. The van der Waals surface area contributed by atoms with Crippen LogP contribution in [0.1, 0.15) is 61.6 Å². The molecule has 0 bridgehead atoms. The average Bonchev–Trinajstić information content (AvgIpc) is 3.36. The number of pyridine rings is 1. The molecule has 190 valence electrons. The molecule has 0 saturated heterocycles. The maximum absolute atomic E-state index is 14.6. The van der Waals surface area contributed by atoms with E-state index in [2.05, 4.69) is 26.7 Å². The zero-order chi connectivity index (χ0) is 25.2.